The number of rotatable bonds is 55. The summed E-state index contributed by atoms with van der Waals surface area (Å²) in [4.78, 5) is 23.3. The fourth-order valence-corrected chi connectivity index (χ4v) is 9.72. The Labute approximate surface area is 424 Å². The van der Waals surface area contributed by atoms with Crippen molar-refractivity contribution in [3.8, 4) is 0 Å². The molecular weight excluding hydrogens is 864 g/mol. The van der Waals surface area contributed by atoms with Crippen molar-refractivity contribution >= 4 is 13.7 Å². The molecule has 0 fully saturated rings. The number of aliphatic hydroxyl groups is 1. The van der Waals surface area contributed by atoms with Crippen LogP contribution in [0, 0.1) is 0 Å². The van der Waals surface area contributed by atoms with Crippen molar-refractivity contribution < 1.29 is 32.9 Å². The number of nitrogens with zero attached hydrogens (tertiary/aromatic N) is 1. The minimum atomic E-state index is -4.34. The van der Waals surface area contributed by atoms with Crippen LogP contribution in [0.5, 0.6) is 0 Å². The van der Waals surface area contributed by atoms with E-state index in [0.29, 0.717) is 17.4 Å². The summed E-state index contributed by atoms with van der Waals surface area (Å²) in [6, 6.07) is -0.844. The third-order valence-electron chi connectivity index (χ3n) is 13.7. The van der Waals surface area contributed by atoms with Gasteiger partial charge in [0.25, 0.3) is 0 Å². The van der Waals surface area contributed by atoms with Gasteiger partial charge < -0.3 is 19.8 Å². The fourth-order valence-electron chi connectivity index (χ4n) is 8.98. The Bertz CT molecular complexity index is 1160. The van der Waals surface area contributed by atoms with Gasteiger partial charge in [0, 0.05) is 6.42 Å². The molecule has 0 rings (SSSR count). The first-order valence-electron chi connectivity index (χ1n) is 29.7. The Morgan fingerprint density at radius 3 is 1.13 bits per heavy atom. The number of hydrogen-bond acceptors (Lipinski definition) is 5. The predicted octanol–water partition coefficient (Wildman–Crippen LogP) is 18.0. The number of likely N-dealkylation sites (N-methyl/N-ethyl adjacent to an activating group) is 1. The second-order valence-electron chi connectivity index (χ2n) is 21.7. The molecule has 0 heterocycles. The van der Waals surface area contributed by atoms with Gasteiger partial charge in [-0.05, 0) is 44.9 Å². The normalized spacial score (nSPS) is 14.0. The molecule has 0 bridgehead atoms. The van der Waals surface area contributed by atoms with E-state index in [0.717, 1.165) is 38.5 Å². The lowest BCUT2D eigenvalue weighted by molar-refractivity contribution is -0.870. The molecular formula is C59H118N2O6P+. The second-order valence-corrected chi connectivity index (χ2v) is 23.2. The number of aliphatic hydroxyl groups excluding tert-OH is 1. The summed E-state index contributed by atoms with van der Waals surface area (Å²) in [5, 5.41) is 13.9. The standard InChI is InChI=1S/C59H117N2O6P/c1-6-8-10-12-14-16-18-20-22-24-25-26-27-28-29-30-31-32-33-34-35-36-37-39-41-43-45-47-49-51-53-59(63)60-57(56-67-68(64,65)66-55-54-61(3,4)5)58(62)52-50-48-46-44-42-40-38-23-21-19-17-15-13-11-9-7-2/h28-29,50,52,57-58,62H,6-27,30-49,51,53-56H2,1-5H3,(H-,60,63,64,65)/p+1/b29-28-,52-50+. The van der Waals surface area contributed by atoms with Crippen LogP contribution in [0.25, 0.3) is 0 Å². The van der Waals surface area contributed by atoms with E-state index in [1.54, 1.807) is 6.08 Å². The Kier molecular flexibility index (Phi) is 50.1. The molecule has 0 aliphatic carbocycles. The summed E-state index contributed by atoms with van der Waals surface area (Å²) >= 11 is 0. The van der Waals surface area contributed by atoms with Gasteiger partial charge in [0.1, 0.15) is 13.2 Å². The van der Waals surface area contributed by atoms with Crippen LogP contribution in [-0.2, 0) is 18.4 Å². The number of carbonyl (C=O) groups excluding carboxylic acids is 1. The Morgan fingerprint density at radius 2 is 0.794 bits per heavy atom. The molecule has 0 aromatic heterocycles. The van der Waals surface area contributed by atoms with E-state index in [4.69, 9.17) is 9.05 Å². The number of carbonyl (C=O) groups is 1. The number of phosphoric ester groups is 1. The minimum absolute atomic E-state index is 0.0636. The average molecular weight is 983 g/mol. The lowest BCUT2D eigenvalue weighted by atomic mass is 10.0. The largest absolute Gasteiger partial charge is 0.472 e. The molecule has 0 saturated carbocycles. The number of unbranched alkanes of at least 4 members (excludes halogenated alkanes) is 40. The second kappa shape index (κ2) is 50.9. The number of nitrogens with one attached hydrogen (secondary N) is 1. The van der Waals surface area contributed by atoms with Gasteiger partial charge in [-0.1, -0.05) is 269 Å². The third-order valence-corrected chi connectivity index (χ3v) is 14.6. The average Bonchev–Trinajstić information content (AvgIpc) is 3.30. The molecule has 3 N–H and O–H groups in total. The van der Waals surface area contributed by atoms with Gasteiger partial charge in [0.05, 0.1) is 39.9 Å². The number of hydrogen-bond donors (Lipinski definition) is 3. The molecule has 8 nitrogen and oxygen atoms in total. The van der Waals surface area contributed by atoms with Gasteiger partial charge in [-0.2, -0.15) is 0 Å². The van der Waals surface area contributed by atoms with E-state index in [2.05, 4.69) is 31.3 Å². The van der Waals surface area contributed by atoms with Crippen molar-refractivity contribution in [1.82, 2.24) is 5.32 Å². The summed E-state index contributed by atoms with van der Waals surface area (Å²) < 4.78 is 23.7. The molecule has 0 spiro atoms. The van der Waals surface area contributed by atoms with E-state index in [-0.39, 0.29) is 19.1 Å². The molecule has 0 aromatic rings. The molecule has 0 radical (unpaired) electrons. The molecule has 0 saturated heterocycles. The van der Waals surface area contributed by atoms with Gasteiger partial charge in [-0.3, -0.25) is 13.8 Å². The van der Waals surface area contributed by atoms with Crippen molar-refractivity contribution in [1.29, 1.82) is 0 Å². The van der Waals surface area contributed by atoms with Crippen LogP contribution in [0.4, 0.5) is 0 Å². The monoisotopic (exact) mass is 982 g/mol. The van der Waals surface area contributed by atoms with Crippen LogP contribution in [0.1, 0.15) is 296 Å². The van der Waals surface area contributed by atoms with E-state index >= 15 is 0 Å². The van der Waals surface area contributed by atoms with Gasteiger partial charge >= 0.3 is 7.82 Å². The van der Waals surface area contributed by atoms with Crippen LogP contribution < -0.4 is 5.32 Å². The highest BCUT2D eigenvalue weighted by atomic mass is 31.2. The first-order chi connectivity index (χ1) is 33.0. The molecule has 0 aromatic carbocycles. The van der Waals surface area contributed by atoms with Crippen molar-refractivity contribution in [2.45, 2.75) is 309 Å². The molecule has 68 heavy (non-hydrogen) atoms. The summed E-state index contributed by atoms with van der Waals surface area (Å²) in [5.74, 6) is -0.172. The van der Waals surface area contributed by atoms with Crippen molar-refractivity contribution in [2.75, 3.05) is 40.9 Å². The number of amides is 1. The molecule has 0 aliphatic heterocycles. The van der Waals surface area contributed by atoms with E-state index in [1.165, 1.54) is 238 Å². The van der Waals surface area contributed by atoms with Gasteiger partial charge in [0.2, 0.25) is 5.91 Å². The highest BCUT2D eigenvalue weighted by Crippen LogP contribution is 2.43. The van der Waals surface area contributed by atoms with Crippen LogP contribution in [0.2, 0.25) is 0 Å². The zero-order valence-electron chi connectivity index (χ0n) is 46.1. The van der Waals surface area contributed by atoms with E-state index in [1.807, 2.05) is 27.2 Å². The van der Waals surface area contributed by atoms with Crippen molar-refractivity contribution in [3.63, 3.8) is 0 Å². The zero-order valence-corrected chi connectivity index (χ0v) is 47.0. The van der Waals surface area contributed by atoms with E-state index < -0.39 is 20.0 Å². The van der Waals surface area contributed by atoms with E-state index in [9.17, 15) is 19.4 Å². The summed E-state index contributed by atoms with van der Waals surface area (Å²) in [6.45, 7) is 4.86. The number of phosphoric acid groups is 1. The molecule has 0 aliphatic rings. The smallest absolute Gasteiger partial charge is 0.387 e. The first-order valence-corrected chi connectivity index (χ1v) is 31.2. The number of quaternary nitrogens is 1. The molecule has 9 heteroatoms. The summed E-state index contributed by atoms with van der Waals surface area (Å²) in [7, 11) is 1.58. The highest BCUT2D eigenvalue weighted by Gasteiger charge is 2.27. The summed E-state index contributed by atoms with van der Waals surface area (Å²) in [6.07, 6.45) is 64.3. The first kappa shape index (κ1) is 67.0. The van der Waals surface area contributed by atoms with Gasteiger partial charge in [-0.15, -0.1) is 0 Å². The fraction of sp³-hybridized carbons (Fsp3) is 0.915. The lowest BCUT2D eigenvalue weighted by Gasteiger charge is -2.25. The molecule has 3 atom stereocenters. The maximum absolute atomic E-state index is 13.0. The Hall–Kier alpha value is -1.02. The summed E-state index contributed by atoms with van der Waals surface area (Å²) in [5.41, 5.74) is 0. The zero-order chi connectivity index (χ0) is 49.9. The van der Waals surface area contributed by atoms with Crippen LogP contribution in [0.15, 0.2) is 24.3 Å². The topological polar surface area (TPSA) is 105 Å². The SMILES string of the molecule is CCCCCCCCCCCCCC/C=C\CCCCCCCCCCCCCCCCC(=O)NC(COP(=O)(O)OCC[N+](C)(C)C)C(O)/C=C/CCCCCCCCCCCCCCCC. The lowest BCUT2D eigenvalue weighted by Crippen LogP contribution is -2.45. The molecule has 1 amide bonds. The highest BCUT2D eigenvalue weighted by molar-refractivity contribution is 7.47. The van der Waals surface area contributed by atoms with Crippen molar-refractivity contribution in [2.24, 2.45) is 0 Å². The quantitative estimate of drug-likeness (QED) is 0.0243. The maximum Gasteiger partial charge on any atom is 0.472 e. The Balaban J connectivity index is 4.08. The predicted molar refractivity (Wildman–Crippen MR) is 295 cm³/mol. The minimum Gasteiger partial charge on any atom is -0.387 e. The molecule has 3 unspecified atom stereocenters. The van der Waals surface area contributed by atoms with Crippen LogP contribution in [-0.4, -0.2) is 73.4 Å². The molecule has 404 valence electrons. The Morgan fingerprint density at radius 1 is 0.485 bits per heavy atom. The maximum atomic E-state index is 13.0. The van der Waals surface area contributed by atoms with Crippen molar-refractivity contribution in [3.05, 3.63) is 24.3 Å². The van der Waals surface area contributed by atoms with Gasteiger partial charge in [0.15, 0.2) is 0 Å². The van der Waals surface area contributed by atoms with Crippen LogP contribution >= 0.6 is 7.82 Å². The van der Waals surface area contributed by atoms with Crippen LogP contribution in [0.3, 0.4) is 0 Å². The van der Waals surface area contributed by atoms with Gasteiger partial charge in [-0.25, -0.2) is 4.57 Å². The number of allylic oxidation sites excluding steroid dienone is 3. The third kappa shape index (κ3) is 52.8.